The Bertz CT molecular complexity index is 223. The fourth-order valence-corrected chi connectivity index (χ4v) is 1.20. The van der Waals surface area contributed by atoms with Crippen LogP contribution in [0.25, 0.3) is 0 Å². The second kappa shape index (κ2) is 2.46. The third-order valence-corrected chi connectivity index (χ3v) is 1.65. The summed E-state index contributed by atoms with van der Waals surface area (Å²) in [5.74, 6) is 0. The molecule has 0 saturated heterocycles. The van der Waals surface area contributed by atoms with Gasteiger partial charge in [0.15, 0.2) is 0 Å². The first-order valence-electron chi connectivity index (χ1n) is 3.49. The van der Waals surface area contributed by atoms with Crippen molar-refractivity contribution in [1.82, 2.24) is 4.57 Å². The summed E-state index contributed by atoms with van der Waals surface area (Å²) in [6.07, 6.45) is 2.08. The van der Waals surface area contributed by atoms with Gasteiger partial charge in [-0.25, -0.2) is 0 Å². The first-order chi connectivity index (χ1) is 4.61. The van der Waals surface area contributed by atoms with Gasteiger partial charge >= 0.3 is 0 Å². The lowest BCUT2D eigenvalue weighted by Gasteiger charge is -2.04. The van der Waals surface area contributed by atoms with E-state index in [-0.39, 0.29) is 6.04 Å². The van der Waals surface area contributed by atoms with Crippen molar-refractivity contribution in [3.05, 3.63) is 23.5 Å². The maximum atomic E-state index is 5.71. The van der Waals surface area contributed by atoms with E-state index in [1.807, 2.05) is 14.0 Å². The van der Waals surface area contributed by atoms with Crippen molar-refractivity contribution in [2.75, 3.05) is 0 Å². The topological polar surface area (TPSA) is 30.9 Å². The molecule has 0 radical (unpaired) electrons. The van der Waals surface area contributed by atoms with Gasteiger partial charge in [-0.15, -0.1) is 0 Å². The summed E-state index contributed by atoms with van der Waals surface area (Å²) in [4.78, 5) is 0. The predicted octanol–water partition coefficient (Wildman–Crippen LogP) is 1.35. The monoisotopic (exact) mass is 138 g/mol. The number of hydrogen-bond acceptors (Lipinski definition) is 1. The van der Waals surface area contributed by atoms with Gasteiger partial charge in [0.25, 0.3) is 0 Å². The minimum atomic E-state index is 0.138. The van der Waals surface area contributed by atoms with Gasteiger partial charge in [0.2, 0.25) is 0 Å². The summed E-state index contributed by atoms with van der Waals surface area (Å²) < 4.78 is 2.07. The van der Waals surface area contributed by atoms with Gasteiger partial charge in [0.05, 0.1) is 0 Å². The summed E-state index contributed by atoms with van der Waals surface area (Å²) in [7, 11) is 2.02. The minimum Gasteiger partial charge on any atom is -0.353 e. The number of aryl methyl sites for hydroxylation is 2. The largest absolute Gasteiger partial charge is 0.353 e. The molecule has 0 aliphatic heterocycles. The molecule has 56 valence electrons. The molecule has 1 unspecified atom stereocenters. The van der Waals surface area contributed by atoms with E-state index in [1.54, 1.807) is 0 Å². The Morgan fingerprint density at radius 3 is 2.40 bits per heavy atom. The Morgan fingerprint density at radius 2 is 2.20 bits per heavy atom. The minimum absolute atomic E-state index is 0.138. The molecule has 0 spiro atoms. The van der Waals surface area contributed by atoms with Crippen LogP contribution in [0, 0.1) is 6.92 Å². The molecule has 0 aromatic carbocycles. The van der Waals surface area contributed by atoms with Crippen LogP contribution >= 0.6 is 0 Å². The van der Waals surface area contributed by atoms with Crippen LogP contribution in [0.5, 0.6) is 0 Å². The lowest BCUT2D eigenvalue weighted by atomic mass is 10.2. The molecule has 2 N–H and O–H groups in total. The number of hydrogen-bond donors (Lipinski definition) is 1. The van der Waals surface area contributed by atoms with Gasteiger partial charge in [-0.1, -0.05) is 0 Å². The number of aromatic nitrogens is 1. The normalized spacial score (nSPS) is 13.6. The van der Waals surface area contributed by atoms with Crippen LogP contribution in [0.15, 0.2) is 12.3 Å². The highest BCUT2D eigenvalue weighted by atomic mass is 14.9. The Labute approximate surface area is 61.7 Å². The number of nitrogens with zero attached hydrogens (tertiary/aromatic N) is 1. The van der Waals surface area contributed by atoms with E-state index in [1.165, 1.54) is 11.3 Å². The molecule has 1 heterocycles. The third kappa shape index (κ3) is 1.21. The second-order valence-corrected chi connectivity index (χ2v) is 2.84. The fraction of sp³-hybridized carbons (Fsp3) is 0.500. The summed E-state index contributed by atoms with van der Waals surface area (Å²) in [5, 5.41) is 0. The van der Waals surface area contributed by atoms with Crippen molar-refractivity contribution in [3.63, 3.8) is 0 Å². The van der Waals surface area contributed by atoms with Crippen molar-refractivity contribution in [2.24, 2.45) is 12.8 Å². The molecular weight excluding hydrogens is 124 g/mol. The maximum Gasteiger partial charge on any atom is 0.0421 e. The van der Waals surface area contributed by atoms with E-state index in [0.29, 0.717) is 0 Å². The molecule has 1 rings (SSSR count). The Balaban J connectivity index is 3.03. The van der Waals surface area contributed by atoms with Crippen LogP contribution in [-0.4, -0.2) is 4.57 Å². The summed E-state index contributed by atoms with van der Waals surface area (Å²) in [6.45, 7) is 4.07. The summed E-state index contributed by atoms with van der Waals surface area (Å²) >= 11 is 0. The highest BCUT2D eigenvalue weighted by Gasteiger charge is 2.03. The molecule has 0 bridgehead atoms. The average molecular weight is 138 g/mol. The van der Waals surface area contributed by atoms with E-state index < -0.39 is 0 Å². The van der Waals surface area contributed by atoms with Crippen molar-refractivity contribution in [3.8, 4) is 0 Å². The van der Waals surface area contributed by atoms with E-state index in [4.69, 9.17) is 5.73 Å². The molecule has 2 nitrogen and oxygen atoms in total. The lowest BCUT2D eigenvalue weighted by Crippen LogP contribution is -2.08. The Kier molecular flexibility index (Phi) is 1.81. The van der Waals surface area contributed by atoms with Gasteiger partial charge < -0.3 is 10.3 Å². The zero-order chi connectivity index (χ0) is 7.72. The zero-order valence-corrected chi connectivity index (χ0v) is 6.76. The first kappa shape index (κ1) is 7.35. The van der Waals surface area contributed by atoms with E-state index in [2.05, 4.69) is 23.8 Å². The predicted molar refractivity (Wildman–Crippen MR) is 42.8 cm³/mol. The highest BCUT2D eigenvalue weighted by molar-refractivity contribution is 5.18. The smallest absolute Gasteiger partial charge is 0.0421 e. The molecule has 1 aromatic heterocycles. The van der Waals surface area contributed by atoms with E-state index >= 15 is 0 Å². The molecule has 0 aliphatic carbocycles. The lowest BCUT2D eigenvalue weighted by molar-refractivity contribution is 0.715. The molecule has 0 amide bonds. The molecule has 10 heavy (non-hydrogen) atoms. The number of rotatable bonds is 1. The standard InChI is InChI=1S/C8H14N2/c1-6-4-8(7(2)9)10(3)5-6/h4-5,7H,9H2,1-3H3. The zero-order valence-electron chi connectivity index (χ0n) is 6.76. The summed E-state index contributed by atoms with van der Waals surface area (Å²) in [6, 6.07) is 2.25. The van der Waals surface area contributed by atoms with Gasteiger partial charge in [-0.05, 0) is 25.5 Å². The van der Waals surface area contributed by atoms with Gasteiger partial charge in [0, 0.05) is 25.0 Å². The highest BCUT2D eigenvalue weighted by Crippen LogP contribution is 2.11. The van der Waals surface area contributed by atoms with Crippen molar-refractivity contribution in [2.45, 2.75) is 19.9 Å². The van der Waals surface area contributed by atoms with Crippen molar-refractivity contribution < 1.29 is 0 Å². The molecule has 0 aliphatic rings. The molecular formula is C8H14N2. The van der Waals surface area contributed by atoms with Crippen molar-refractivity contribution >= 4 is 0 Å². The van der Waals surface area contributed by atoms with Gasteiger partial charge in [-0.3, -0.25) is 0 Å². The fourth-order valence-electron chi connectivity index (χ4n) is 1.20. The molecule has 1 aromatic rings. The van der Waals surface area contributed by atoms with Crippen LogP contribution < -0.4 is 5.73 Å². The third-order valence-electron chi connectivity index (χ3n) is 1.65. The maximum absolute atomic E-state index is 5.71. The van der Waals surface area contributed by atoms with E-state index in [9.17, 15) is 0 Å². The average Bonchev–Trinajstić information content (AvgIpc) is 2.10. The van der Waals surface area contributed by atoms with Crippen LogP contribution in [0.3, 0.4) is 0 Å². The second-order valence-electron chi connectivity index (χ2n) is 2.84. The Hall–Kier alpha value is -0.760. The van der Waals surface area contributed by atoms with E-state index in [0.717, 1.165) is 0 Å². The number of nitrogens with two attached hydrogens (primary N) is 1. The first-order valence-corrected chi connectivity index (χ1v) is 3.49. The summed E-state index contributed by atoms with van der Waals surface area (Å²) in [5.41, 5.74) is 8.17. The van der Waals surface area contributed by atoms with Gasteiger partial charge in [-0.2, -0.15) is 0 Å². The van der Waals surface area contributed by atoms with Crippen LogP contribution in [0.4, 0.5) is 0 Å². The van der Waals surface area contributed by atoms with Gasteiger partial charge in [0.1, 0.15) is 0 Å². The molecule has 2 heteroatoms. The quantitative estimate of drug-likeness (QED) is 0.624. The van der Waals surface area contributed by atoms with Crippen molar-refractivity contribution in [1.29, 1.82) is 0 Å². The van der Waals surface area contributed by atoms with Crippen LogP contribution in [-0.2, 0) is 7.05 Å². The van der Waals surface area contributed by atoms with Crippen LogP contribution in [0.1, 0.15) is 24.2 Å². The molecule has 0 fully saturated rings. The SMILES string of the molecule is Cc1cc(C(C)N)n(C)c1. The Morgan fingerprint density at radius 1 is 1.60 bits per heavy atom. The molecule has 1 atom stereocenters. The molecule has 0 saturated carbocycles. The van der Waals surface area contributed by atoms with Crippen LogP contribution in [0.2, 0.25) is 0 Å².